The molecule has 1 aromatic heterocycles. The van der Waals surface area contributed by atoms with Crippen molar-refractivity contribution in [2.45, 2.75) is 63.1 Å². The van der Waals surface area contributed by atoms with E-state index in [1.807, 2.05) is 24.8 Å². The number of aromatic nitrogens is 1. The van der Waals surface area contributed by atoms with E-state index in [4.69, 9.17) is 9.90 Å². The highest BCUT2D eigenvalue weighted by Gasteiger charge is 2.46. The number of halogens is 3. The lowest BCUT2D eigenvalue weighted by Crippen LogP contribution is -2.44. The van der Waals surface area contributed by atoms with Crippen LogP contribution in [0.25, 0.3) is 0 Å². The summed E-state index contributed by atoms with van der Waals surface area (Å²) >= 11 is 0. The van der Waals surface area contributed by atoms with E-state index >= 15 is 0 Å². The van der Waals surface area contributed by atoms with E-state index in [9.17, 15) is 22.8 Å². The summed E-state index contributed by atoms with van der Waals surface area (Å²) < 4.78 is 31.7. The van der Waals surface area contributed by atoms with Gasteiger partial charge in [-0.1, -0.05) is 24.3 Å². The molecule has 0 bridgehead atoms. The van der Waals surface area contributed by atoms with Gasteiger partial charge in [0.2, 0.25) is 5.91 Å². The summed E-state index contributed by atoms with van der Waals surface area (Å²) in [6, 6.07) is 12.4. The Morgan fingerprint density at radius 2 is 1.78 bits per heavy atom. The van der Waals surface area contributed by atoms with Crippen LogP contribution in [-0.2, 0) is 15.0 Å². The summed E-state index contributed by atoms with van der Waals surface area (Å²) in [5, 5.41) is 10.2. The zero-order valence-electron chi connectivity index (χ0n) is 20.2. The molecule has 1 aromatic carbocycles. The fourth-order valence-electron chi connectivity index (χ4n) is 5.10. The molecule has 1 fully saturated rings. The van der Waals surface area contributed by atoms with Gasteiger partial charge in [-0.2, -0.15) is 13.2 Å². The highest BCUT2D eigenvalue weighted by atomic mass is 19.4. The molecule has 0 saturated carbocycles. The second kappa shape index (κ2) is 11.1. The number of rotatable bonds is 4. The number of carbonyl (C=O) groups excluding carboxylic acids is 2. The standard InChI is InChI=1S/C24H29N3O2.C2HF3O2/c1-17(2)26-22(28)14-19-15-24(21-8-4-3-7-20(19)21)9-12-27(13-10-24)23(29)18-6-5-11-25-16-18;3-2(4,5)1(6)7/h3-8,11,16-17,19H,9-10,12-15H2,1-2H3,(H,26,28);(H,6,7). The summed E-state index contributed by atoms with van der Waals surface area (Å²) in [4.78, 5) is 40.1. The van der Waals surface area contributed by atoms with Gasteiger partial charge in [0.25, 0.3) is 5.91 Å². The second-order valence-corrected chi connectivity index (χ2v) is 9.53. The van der Waals surface area contributed by atoms with Crippen molar-refractivity contribution in [3.63, 3.8) is 0 Å². The summed E-state index contributed by atoms with van der Waals surface area (Å²) in [5.74, 6) is -2.31. The fraction of sp³-hybridized carbons (Fsp3) is 0.462. The van der Waals surface area contributed by atoms with Crippen molar-refractivity contribution < 1.29 is 32.7 Å². The number of hydrogen-bond acceptors (Lipinski definition) is 4. The fourth-order valence-corrected chi connectivity index (χ4v) is 5.10. The molecule has 2 amide bonds. The molecule has 1 spiro atoms. The van der Waals surface area contributed by atoms with E-state index in [1.54, 1.807) is 18.5 Å². The lowest BCUT2D eigenvalue weighted by Gasteiger charge is -2.40. The third-order valence-corrected chi connectivity index (χ3v) is 6.65. The molecule has 1 unspecified atom stereocenters. The minimum atomic E-state index is -5.08. The highest BCUT2D eigenvalue weighted by Crippen LogP contribution is 2.52. The van der Waals surface area contributed by atoms with Crippen molar-refractivity contribution in [2.24, 2.45) is 0 Å². The molecule has 1 aliphatic heterocycles. The first-order valence-corrected chi connectivity index (χ1v) is 11.8. The molecule has 7 nitrogen and oxygen atoms in total. The van der Waals surface area contributed by atoms with Crippen LogP contribution >= 0.6 is 0 Å². The quantitative estimate of drug-likeness (QED) is 0.646. The first-order chi connectivity index (χ1) is 16.9. The SMILES string of the molecule is CC(C)NC(=O)CC1CC2(CCN(C(=O)c3cccnc3)CC2)c2ccccc21.O=C(O)C(F)(F)F. The predicted octanol–water partition coefficient (Wildman–Crippen LogP) is 4.29. The first kappa shape index (κ1) is 27.2. The van der Waals surface area contributed by atoms with Crippen molar-refractivity contribution >= 4 is 17.8 Å². The Bertz CT molecular complexity index is 1080. The average molecular weight is 506 g/mol. The number of hydrogen-bond donors (Lipinski definition) is 2. The van der Waals surface area contributed by atoms with Gasteiger partial charge in [0.05, 0.1) is 5.56 Å². The zero-order chi connectivity index (χ0) is 26.5. The minimum Gasteiger partial charge on any atom is -0.475 e. The molecule has 2 heterocycles. The van der Waals surface area contributed by atoms with Crippen LogP contribution in [0, 0.1) is 0 Å². The maximum Gasteiger partial charge on any atom is 0.490 e. The van der Waals surface area contributed by atoms with Crippen molar-refractivity contribution in [1.82, 2.24) is 15.2 Å². The molecule has 0 radical (unpaired) electrons. The van der Waals surface area contributed by atoms with Gasteiger partial charge in [0.1, 0.15) is 0 Å². The molecule has 36 heavy (non-hydrogen) atoms. The Morgan fingerprint density at radius 3 is 2.33 bits per heavy atom. The van der Waals surface area contributed by atoms with E-state index in [-0.39, 0.29) is 29.2 Å². The summed E-state index contributed by atoms with van der Waals surface area (Å²) in [7, 11) is 0. The van der Waals surface area contributed by atoms with Crippen LogP contribution in [0.3, 0.4) is 0 Å². The second-order valence-electron chi connectivity index (χ2n) is 9.53. The number of nitrogens with zero attached hydrogens (tertiary/aromatic N) is 2. The van der Waals surface area contributed by atoms with Gasteiger partial charge in [-0.05, 0) is 67.7 Å². The number of carboxylic acid groups (broad SMARTS) is 1. The molecule has 2 aliphatic rings. The lowest BCUT2D eigenvalue weighted by atomic mass is 9.73. The number of aliphatic carboxylic acids is 1. The number of carboxylic acids is 1. The topological polar surface area (TPSA) is 99.6 Å². The molecule has 1 atom stereocenters. The molecule has 2 aromatic rings. The molecule has 1 aliphatic carbocycles. The number of nitrogens with one attached hydrogen (secondary N) is 1. The van der Waals surface area contributed by atoms with E-state index in [0.29, 0.717) is 12.0 Å². The minimum absolute atomic E-state index is 0.0621. The van der Waals surface area contributed by atoms with Gasteiger partial charge in [0.15, 0.2) is 0 Å². The van der Waals surface area contributed by atoms with E-state index in [1.165, 1.54) is 11.1 Å². The Hall–Kier alpha value is -3.43. The summed E-state index contributed by atoms with van der Waals surface area (Å²) in [6.45, 7) is 5.48. The maximum absolute atomic E-state index is 12.8. The molecule has 2 N–H and O–H groups in total. The van der Waals surface area contributed by atoms with Crippen LogP contribution in [-0.4, -0.2) is 58.1 Å². The first-order valence-electron chi connectivity index (χ1n) is 11.8. The molecule has 10 heteroatoms. The van der Waals surface area contributed by atoms with Crippen LogP contribution in [0.15, 0.2) is 48.8 Å². The van der Waals surface area contributed by atoms with Crippen LogP contribution < -0.4 is 5.32 Å². The maximum atomic E-state index is 12.8. The number of fused-ring (bicyclic) bond motifs is 2. The Kier molecular flexibility index (Phi) is 8.37. The number of piperidine rings is 1. The van der Waals surface area contributed by atoms with Crippen LogP contribution in [0.1, 0.15) is 66.9 Å². The van der Waals surface area contributed by atoms with Gasteiger partial charge in [0, 0.05) is 37.9 Å². The van der Waals surface area contributed by atoms with Gasteiger partial charge in [-0.25, -0.2) is 4.79 Å². The van der Waals surface area contributed by atoms with E-state index in [0.717, 1.165) is 32.4 Å². The number of alkyl halides is 3. The average Bonchev–Trinajstić information content (AvgIpc) is 3.11. The zero-order valence-corrected chi connectivity index (χ0v) is 20.2. The normalized spacial score (nSPS) is 18.3. The number of benzene rings is 1. The van der Waals surface area contributed by atoms with Crippen molar-refractivity contribution in [3.8, 4) is 0 Å². The molecule has 1 saturated heterocycles. The highest BCUT2D eigenvalue weighted by molar-refractivity contribution is 5.94. The van der Waals surface area contributed by atoms with Gasteiger partial charge in [-0.15, -0.1) is 0 Å². The molecule has 194 valence electrons. The van der Waals surface area contributed by atoms with E-state index < -0.39 is 12.1 Å². The van der Waals surface area contributed by atoms with Crippen LogP contribution in [0.2, 0.25) is 0 Å². The Morgan fingerprint density at radius 1 is 1.14 bits per heavy atom. The van der Waals surface area contributed by atoms with Crippen LogP contribution in [0.4, 0.5) is 13.2 Å². The third kappa shape index (κ3) is 6.41. The largest absolute Gasteiger partial charge is 0.490 e. The third-order valence-electron chi connectivity index (χ3n) is 6.65. The van der Waals surface area contributed by atoms with Crippen molar-refractivity contribution in [3.05, 3.63) is 65.5 Å². The molecular formula is C26H30F3N3O4. The van der Waals surface area contributed by atoms with Crippen LogP contribution in [0.5, 0.6) is 0 Å². The van der Waals surface area contributed by atoms with Crippen molar-refractivity contribution in [2.75, 3.05) is 13.1 Å². The van der Waals surface area contributed by atoms with Gasteiger partial charge >= 0.3 is 12.1 Å². The van der Waals surface area contributed by atoms with Gasteiger partial charge in [-0.3, -0.25) is 14.6 Å². The Labute approximate surface area is 207 Å². The summed E-state index contributed by atoms with van der Waals surface area (Å²) in [5.41, 5.74) is 3.43. The molecule has 4 rings (SSSR count). The number of amides is 2. The smallest absolute Gasteiger partial charge is 0.475 e. The lowest BCUT2D eigenvalue weighted by molar-refractivity contribution is -0.192. The van der Waals surface area contributed by atoms with Crippen molar-refractivity contribution in [1.29, 1.82) is 0 Å². The van der Waals surface area contributed by atoms with Gasteiger partial charge < -0.3 is 15.3 Å². The number of pyridine rings is 1. The Balaban J connectivity index is 0.000000454. The monoisotopic (exact) mass is 505 g/mol. The van der Waals surface area contributed by atoms with E-state index in [2.05, 4.69) is 34.6 Å². The predicted molar refractivity (Wildman–Crippen MR) is 126 cm³/mol. The number of carbonyl (C=O) groups is 3. The molecular weight excluding hydrogens is 475 g/mol. The summed E-state index contributed by atoms with van der Waals surface area (Å²) in [6.07, 6.45) is 1.66. The number of likely N-dealkylation sites (tertiary alicyclic amines) is 1.